The van der Waals surface area contributed by atoms with Crippen molar-refractivity contribution in [1.82, 2.24) is 15.2 Å². The van der Waals surface area contributed by atoms with Crippen LogP contribution in [0, 0.1) is 5.92 Å². The third kappa shape index (κ3) is 5.25. The van der Waals surface area contributed by atoms with Crippen LogP contribution in [0.15, 0.2) is 24.4 Å². The zero-order chi connectivity index (χ0) is 18.7. The van der Waals surface area contributed by atoms with E-state index in [1.54, 1.807) is 0 Å². The standard InChI is InChI=1S/C20H34N4O/c1-15(2)17(21)18(25)23-20(14-16-8-6-7-11-22-16)9-12-24(13-10-20)19(3,4)5/h6-8,11,15,17H,9-10,12-14,21H2,1-5H3,(H,23,25). The Bertz CT molecular complexity index is 557. The Kier molecular flexibility index (Phi) is 6.22. The molecule has 25 heavy (non-hydrogen) atoms. The van der Waals surface area contributed by atoms with Gasteiger partial charge in [0.25, 0.3) is 0 Å². The quantitative estimate of drug-likeness (QED) is 0.858. The Morgan fingerprint density at radius 1 is 1.32 bits per heavy atom. The van der Waals surface area contributed by atoms with Gasteiger partial charge < -0.3 is 11.1 Å². The second-order valence-electron chi connectivity index (χ2n) is 8.70. The Morgan fingerprint density at radius 2 is 1.96 bits per heavy atom. The number of nitrogens with two attached hydrogens (primary N) is 1. The molecule has 1 aliphatic rings. The molecule has 0 aliphatic carbocycles. The number of rotatable bonds is 5. The van der Waals surface area contributed by atoms with Gasteiger partial charge in [-0.2, -0.15) is 0 Å². The number of amides is 1. The van der Waals surface area contributed by atoms with Gasteiger partial charge >= 0.3 is 0 Å². The number of piperidine rings is 1. The molecule has 140 valence electrons. The number of likely N-dealkylation sites (tertiary alicyclic amines) is 1. The molecule has 1 saturated heterocycles. The van der Waals surface area contributed by atoms with E-state index in [1.165, 1.54) is 0 Å². The van der Waals surface area contributed by atoms with Crippen molar-refractivity contribution in [3.05, 3.63) is 30.1 Å². The van der Waals surface area contributed by atoms with E-state index in [9.17, 15) is 4.79 Å². The average Bonchev–Trinajstić information content (AvgIpc) is 2.54. The fraction of sp³-hybridized carbons (Fsp3) is 0.700. The summed E-state index contributed by atoms with van der Waals surface area (Å²) in [6.07, 6.45) is 4.40. The highest BCUT2D eigenvalue weighted by atomic mass is 16.2. The number of nitrogens with one attached hydrogen (secondary N) is 1. The Hall–Kier alpha value is -1.46. The summed E-state index contributed by atoms with van der Waals surface area (Å²) in [5, 5.41) is 3.30. The third-order valence-corrected chi connectivity index (χ3v) is 5.32. The largest absolute Gasteiger partial charge is 0.349 e. The monoisotopic (exact) mass is 346 g/mol. The van der Waals surface area contributed by atoms with Gasteiger partial charge in [-0.15, -0.1) is 0 Å². The van der Waals surface area contributed by atoms with Gasteiger partial charge in [0.2, 0.25) is 5.91 Å². The van der Waals surface area contributed by atoms with Crippen LogP contribution in [0.4, 0.5) is 0 Å². The predicted molar refractivity (Wildman–Crippen MR) is 102 cm³/mol. The maximum Gasteiger partial charge on any atom is 0.237 e. The van der Waals surface area contributed by atoms with Gasteiger partial charge in [0.1, 0.15) is 0 Å². The number of nitrogens with zero attached hydrogens (tertiary/aromatic N) is 2. The van der Waals surface area contributed by atoms with Crippen LogP contribution >= 0.6 is 0 Å². The summed E-state index contributed by atoms with van der Waals surface area (Å²) in [4.78, 5) is 19.6. The Labute approximate surface area is 152 Å². The minimum Gasteiger partial charge on any atom is -0.349 e. The maximum absolute atomic E-state index is 12.7. The van der Waals surface area contributed by atoms with E-state index in [0.29, 0.717) is 0 Å². The van der Waals surface area contributed by atoms with Gasteiger partial charge in [0, 0.05) is 42.5 Å². The second kappa shape index (κ2) is 7.83. The molecule has 1 aromatic rings. The molecule has 0 spiro atoms. The lowest BCUT2D eigenvalue weighted by atomic mass is 9.81. The van der Waals surface area contributed by atoms with E-state index < -0.39 is 6.04 Å². The minimum atomic E-state index is -0.471. The van der Waals surface area contributed by atoms with E-state index in [4.69, 9.17) is 5.73 Å². The molecule has 0 saturated carbocycles. The van der Waals surface area contributed by atoms with E-state index >= 15 is 0 Å². The molecule has 1 atom stereocenters. The Balaban J connectivity index is 2.16. The van der Waals surface area contributed by atoms with E-state index in [0.717, 1.165) is 38.0 Å². The highest BCUT2D eigenvalue weighted by Crippen LogP contribution is 2.30. The van der Waals surface area contributed by atoms with Crippen LogP contribution in [-0.2, 0) is 11.2 Å². The molecule has 1 aromatic heterocycles. The summed E-state index contributed by atoms with van der Waals surface area (Å²) in [5.74, 6) is 0.0803. The summed E-state index contributed by atoms with van der Waals surface area (Å²) in [7, 11) is 0. The van der Waals surface area contributed by atoms with Crippen molar-refractivity contribution >= 4 is 5.91 Å². The molecule has 1 unspecified atom stereocenters. The predicted octanol–water partition coefficient (Wildman–Crippen LogP) is 2.36. The molecule has 2 heterocycles. The first-order chi connectivity index (χ1) is 11.6. The molecule has 0 aromatic carbocycles. The lowest BCUT2D eigenvalue weighted by molar-refractivity contribution is -0.126. The summed E-state index contributed by atoms with van der Waals surface area (Å²) in [6.45, 7) is 12.6. The van der Waals surface area contributed by atoms with Crippen molar-refractivity contribution in [2.45, 2.75) is 71.0 Å². The van der Waals surface area contributed by atoms with Crippen molar-refractivity contribution in [3.8, 4) is 0 Å². The normalized spacial score (nSPS) is 19.6. The fourth-order valence-electron chi connectivity index (χ4n) is 3.45. The zero-order valence-corrected chi connectivity index (χ0v) is 16.4. The first-order valence-electron chi connectivity index (χ1n) is 9.35. The smallest absolute Gasteiger partial charge is 0.237 e. The number of aromatic nitrogens is 1. The summed E-state index contributed by atoms with van der Waals surface area (Å²) < 4.78 is 0. The highest BCUT2D eigenvalue weighted by molar-refractivity contribution is 5.82. The summed E-state index contributed by atoms with van der Waals surface area (Å²) in [6, 6.07) is 5.49. The van der Waals surface area contributed by atoms with Crippen LogP contribution in [0.3, 0.4) is 0 Å². The molecular weight excluding hydrogens is 312 g/mol. The van der Waals surface area contributed by atoms with Crippen molar-refractivity contribution in [2.75, 3.05) is 13.1 Å². The van der Waals surface area contributed by atoms with Gasteiger partial charge in [-0.25, -0.2) is 0 Å². The third-order valence-electron chi connectivity index (χ3n) is 5.32. The number of hydrogen-bond acceptors (Lipinski definition) is 4. The number of pyridine rings is 1. The van der Waals surface area contributed by atoms with Gasteiger partial charge in [-0.05, 0) is 51.7 Å². The van der Waals surface area contributed by atoms with E-state index in [2.05, 4.69) is 36.0 Å². The fourth-order valence-corrected chi connectivity index (χ4v) is 3.45. The van der Waals surface area contributed by atoms with E-state index in [-0.39, 0.29) is 22.9 Å². The molecule has 3 N–H and O–H groups in total. The van der Waals surface area contributed by atoms with Crippen LogP contribution in [0.25, 0.3) is 0 Å². The molecule has 2 rings (SSSR count). The second-order valence-corrected chi connectivity index (χ2v) is 8.70. The van der Waals surface area contributed by atoms with Gasteiger partial charge in [0.05, 0.1) is 6.04 Å². The van der Waals surface area contributed by atoms with Crippen LogP contribution in [0.5, 0.6) is 0 Å². The lowest BCUT2D eigenvalue weighted by Crippen LogP contribution is -2.61. The van der Waals surface area contributed by atoms with E-state index in [1.807, 2.05) is 38.2 Å². The summed E-state index contributed by atoms with van der Waals surface area (Å²) >= 11 is 0. The highest BCUT2D eigenvalue weighted by Gasteiger charge is 2.39. The van der Waals surface area contributed by atoms with Crippen LogP contribution in [0.2, 0.25) is 0 Å². The number of carbonyl (C=O) groups is 1. The number of hydrogen-bond donors (Lipinski definition) is 2. The average molecular weight is 347 g/mol. The minimum absolute atomic E-state index is 0.0462. The molecule has 0 bridgehead atoms. The molecule has 5 nitrogen and oxygen atoms in total. The summed E-state index contributed by atoms with van der Waals surface area (Å²) in [5.41, 5.74) is 6.99. The SMILES string of the molecule is CC(C)C(N)C(=O)NC1(Cc2ccccn2)CCN(C(C)(C)C)CC1. The van der Waals surface area contributed by atoms with Gasteiger partial charge in [-0.1, -0.05) is 19.9 Å². The molecule has 1 fully saturated rings. The Morgan fingerprint density at radius 3 is 2.44 bits per heavy atom. The number of carbonyl (C=O) groups excluding carboxylic acids is 1. The first kappa shape index (κ1) is 19.9. The van der Waals surface area contributed by atoms with Crippen LogP contribution in [-0.4, -0.2) is 46.0 Å². The van der Waals surface area contributed by atoms with Crippen molar-refractivity contribution in [1.29, 1.82) is 0 Å². The lowest BCUT2D eigenvalue weighted by Gasteiger charge is -2.47. The van der Waals surface area contributed by atoms with Crippen molar-refractivity contribution in [2.24, 2.45) is 11.7 Å². The molecule has 5 heteroatoms. The molecule has 1 amide bonds. The maximum atomic E-state index is 12.7. The zero-order valence-electron chi connectivity index (χ0n) is 16.4. The topological polar surface area (TPSA) is 71.2 Å². The van der Waals surface area contributed by atoms with Crippen molar-refractivity contribution in [3.63, 3.8) is 0 Å². The van der Waals surface area contributed by atoms with Crippen molar-refractivity contribution < 1.29 is 4.79 Å². The molecule has 0 radical (unpaired) electrons. The molecule has 1 aliphatic heterocycles. The van der Waals surface area contributed by atoms with Crippen LogP contribution in [0.1, 0.15) is 53.2 Å². The van der Waals surface area contributed by atoms with Gasteiger partial charge in [-0.3, -0.25) is 14.7 Å². The first-order valence-corrected chi connectivity index (χ1v) is 9.35. The van der Waals surface area contributed by atoms with Gasteiger partial charge in [0.15, 0.2) is 0 Å². The van der Waals surface area contributed by atoms with Crippen LogP contribution < -0.4 is 11.1 Å². The molecular formula is C20H34N4O.